The van der Waals surface area contributed by atoms with Crippen LogP contribution in [0.2, 0.25) is 0 Å². The third kappa shape index (κ3) is 4.17. The summed E-state index contributed by atoms with van der Waals surface area (Å²) in [4.78, 5) is 12.4. The molecule has 0 aromatic carbocycles. The number of nitrogens with one attached hydrogen (secondary N) is 1. The Labute approximate surface area is 77.1 Å². The molecule has 0 bridgehead atoms. The van der Waals surface area contributed by atoms with Gasteiger partial charge >= 0.3 is 6.43 Å². The van der Waals surface area contributed by atoms with E-state index in [1.807, 2.05) is 32.8 Å². The topological polar surface area (TPSA) is 32.3 Å². The van der Waals surface area contributed by atoms with Gasteiger partial charge in [-0.2, -0.15) is 8.78 Å². The molecule has 5 heteroatoms. The summed E-state index contributed by atoms with van der Waals surface area (Å²) in [5, 5.41) is 2.17. The van der Waals surface area contributed by atoms with E-state index in [2.05, 4.69) is 5.32 Å². The highest BCUT2D eigenvalue weighted by atomic mass is 19.3. The summed E-state index contributed by atoms with van der Waals surface area (Å²) < 4.78 is 23.6. The van der Waals surface area contributed by atoms with E-state index in [4.69, 9.17) is 0 Å². The maximum Gasteiger partial charge on any atom is 0.315 e. The van der Waals surface area contributed by atoms with Gasteiger partial charge in [0.15, 0.2) is 0 Å². The van der Waals surface area contributed by atoms with Gasteiger partial charge in [-0.25, -0.2) is 0 Å². The van der Waals surface area contributed by atoms with E-state index in [0.717, 1.165) is 0 Å². The Kier molecular flexibility index (Phi) is 4.26. The maximum atomic E-state index is 11.8. The van der Waals surface area contributed by atoms with Gasteiger partial charge in [0.1, 0.15) is 0 Å². The van der Waals surface area contributed by atoms with E-state index in [1.165, 1.54) is 0 Å². The van der Waals surface area contributed by atoms with Crippen LogP contribution in [-0.4, -0.2) is 43.4 Å². The highest BCUT2D eigenvalue weighted by molar-refractivity contribution is 5.79. The molecule has 0 atom stereocenters. The number of carbonyl (C=O) groups is 1. The van der Waals surface area contributed by atoms with Crippen LogP contribution in [0.1, 0.15) is 13.8 Å². The van der Waals surface area contributed by atoms with Crippen molar-refractivity contribution in [2.24, 2.45) is 0 Å². The van der Waals surface area contributed by atoms with E-state index < -0.39 is 12.3 Å². The zero-order valence-corrected chi connectivity index (χ0v) is 8.40. The van der Waals surface area contributed by atoms with Gasteiger partial charge < -0.3 is 10.2 Å². The van der Waals surface area contributed by atoms with Crippen molar-refractivity contribution in [3.8, 4) is 0 Å². The minimum atomic E-state index is -2.93. The molecule has 0 aromatic rings. The number of amides is 1. The molecule has 1 N–H and O–H groups in total. The third-order valence-electron chi connectivity index (χ3n) is 2.10. The molecular formula is C8H16F2N2O. The molecule has 78 valence electrons. The van der Waals surface area contributed by atoms with E-state index in [1.54, 1.807) is 0 Å². The molecule has 0 unspecified atom stereocenters. The van der Waals surface area contributed by atoms with Crippen LogP contribution < -0.4 is 5.32 Å². The summed E-state index contributed by atoms with van der Waals surface area (Å²) in [5.41, 5.74) is -0.315. The molecule has 0 rings (SSSR count). The number of alkyl halides is 2. The maximum absolute atomic E-state index is 11.8. The first-order chi connectivity index (χ1) is 5.77. The van der Waals surface area contributed by atoms with Crippen LogP contribution in [0.3, 0.4) is 0 Å². The van der Waals surface area contributed by atoms with E-state index in [9.17, 15) is 13.6 Å². The molecule has 13 heavy (non-hydrogen) atoms. The lowest BCUT2D eigenvalue weighted by Crippen LogP contribution is -2.49. The normalized spacial score (nSPS) is 12.3. The van der Waals surface area contributed by atoms with E-state index >= 15 is 0 Å². The second kappa shape index (κ2) is 4.50. The number of likely N-dealkylation sites (N-methyl/N-ethyl adjacent to an activating group) is 1. The average Bonchev–Trinajstić information content (AvgIpc) is 1.99. The van der Waals surface area contributed by atoms with Crippen molar-refractivity contribution in [1.29, 1.82) is 0 Å². The van der Waals surface area contributed by atoms with Gasteiger partial charge in [-0.15, -0.1) is 0 Å². The van der Waals surface area contributed by atoms with Gasteiger partial charge in [0.25, 0.3) is 5.91 Å². The predicted octanol–water partition coefficient (Wildman–Crippen LogP) is 0.708. The third-order valence-corrected chi connectivity index (χ3v) is 2.10. The largest absolute Gasteiger partial charge is 0.349 e. The van der Waals surface area contributed by atoms with Gasteiger partial charge in [0.2, 0.25) is 0 Å². The summed E-state index contributed by atoms with van der Waals surface area (Å²) in [7, 11) is 3.66. The van der Waals surface area contributed by atoms with Crippen molar-refractivity contribution in [3.05, 3.63) is 0 Å². The summed E-state index contributed by atoms with van der Waals surface area (Å²) in [6, 6.07) is 0. The SMILES string of the molecule is CN(C)C(C)(C)CNC(=O)C(F)F. The molecule has 0 radical (unpaired) electrons. The van der Waals surface area contributed by atoms with Crippen LogP contribution in [0.25, 0.3) is 0 Å². The van der Waals surface area contributed by atoms with Gasteiger partial charge in [-0.05, 0) is 27.9 Å². The quantitative estimate of drug-likeness (QED) is 0.714. The highest BCUT2D eigenvalue weighted by Crippen LogP contribution is 2.07. The van der Waals surface area contributed by atoms with Crippen LogP contribution in [0, 0.1) is 0 Å². The van der Waals surface area contributed by atoms with Crippen molar-refractivity contribution >= 4 is 5.91 Å². The van der Waals surface area contributed by atoms with Crippen molar-refractivity contribution in [3.63, 3.8) is 0 Å². The first-order valence-corrected chi connectivity index (χ1v) is 4.00. The fraction of sp³-hybridized carbons (Fsp3) is 0.875. The molecule has 0 saturated heterocycles. The molecule has 0 fully saturated rings. The molecular weight excluding hydrogens is 178 g/mol. The Morgan fingerprint density at radius 1 is 1.46 bits per heavy atom. The monoisotopic (exact) mass is 194 g/mol. The minimum absolute atomic E-state index is 0.211. The standard InChI is InChI=1S/C8H16F2N2O/c1-8(2,12(3)4)5-11-7(13)6(9)10/h6H,5H2,1-4H3,(H,11,13). The van der Waals surface area contributed by atoms with Crippen molar-refractivity contribution in [2.45, 2.75) is 25.8 Å². The lowest BCUT2D eigenvalue weighted by atomic mass is 10.0. The van der Waals surface area contributed by atoms with Crippen molar-refractivity contribution in [2.75, 3.05) is 20.6 Å². The number of hydrogen-bond acceptors (Lipinski definition) is 2. The average molecular weight is 194 g/mol. The number of carbonyl (C=O) groups excluding carboxylic acids is 1. The number of halogens is 2. The summed E-state index contributed by atoms with van der Waals surface area (Å²) in [6.45, 7) is 3.93. The molecule has 1 amide bonds. The zero-order valence-electron chi connectivity index (χ0n) is 8.40. The fourth-order valence-electron chi connectivity index (χ4n) is 0.539. The van der Waals surface area contributed by atoms with Crippen LogP contribution in [0.15, 0.2) is 0 Å². The number of nitrogens with zero attached hydrogens (tertiary/aromatic N) is 1. The molecule has 0 saturated carbocycles. The van der Waals surface area contributed by atoms with E-state index in [-0.39, 0.29) is 12.1 Å². The van der Waals surface area contributed by atoms with Crippen molar-refractivity contribution < 1.29 is 13.6 Å². The summed E-state index contributed by atoms with van der Waals surface area (Å²) in [6.07, 6.45) is -2.93. The van der Waals surface area contributed by atoms with E-state index in [0.29, 0.717) is 0 Å². The minimum Gasteiger partial charge on any atom is -0.349 e. The Morgan fingerprint density at radius 2 is 1.92 bits per heavy atom. The van der Waals surface area contributed by atoms with Gasteiger partial charge in [0, 0.05) is 12.1 Å². The number of hydrogen-bond donors (Lipinski definition) is 1. The summed E-state index contributed by atoms with van der Waals surface area (Å²) in [5.74, 6) is -1.21. The second-order valence-electron chi connectivity index (χ2n) is 3.73. The Hall–Kier alpha value is -0.710. The highest BCUT2D eigenvalue weighted by Gasteiger charge is 2.23. The van der Waals surface area contributed by atoms with Crippen molar-refractivity contribution in [1.82, 2.24) is 10.2 Å². The second-order valence-corrected chi connectivity index (χ2v) is 3.73. The fourth-order valence-corrected chi connectivity index (χ4v) is 0.539. The Balaban J connectivity index is 3.95. The summed E-state index contributed by atoms with van der Waals surface area (Å²) >= 11 is 0. The van der Waals surface area contributed by atoms with Gasteiger partial charge in [-0.1, -0.05) is 0 Å². The first-order valence-electron chi connectivity index (χ1n) is 4.00. The van der Waals surface area contributed by atoms with Gasteiger partial charge in [0.05, 0.1) is 0 Å². The predicted molar refractivity (Wildman–Crippen MR) is 46.8 cm³/mol. The molecule has 0 aliphatic rings. The van der Waals surface area contributed by atoms with Crippen LogP contribution in [0.4, 0.5) is 8.78 Å². The zero-order chi connectivity index (χ0) is 10.6. The van der Waals surface area contributed by atoms with Crippen LogP contribution in [-0.2, 0) is 4.79 Å². The smallest absolute Gasteiger partial charge is 0.315 e. The first kappa shape index (κ1) is 12.3. The number of rotatable bonds is 4. The Morgan fingerprint density at radius 3 is 2.23 bits per heavy atom. The molecule has 0 aromatic heterocycles. The molecule has 0 aliphatic heterocycles. The lowest BCUT2D eigenvalue weighted by Gasteiger charge is -2.32. The van der Waals surface area contributed by atoms with Crippen LogP contribution >= 0.6 is 0 Å². The molecule has 0 spiro atoms. The molecule has 0 heterocycles. The molecule has 0 aliphatic carbocycles. The van der Waals surface area contributed by atoms with Gasteiger partial charge in [-0.3, -0.25) is 4.79 Å². The van der Waals surface area contributed by atoms with Crippen LogP contribution in [0.5, 0.6) is 0 Å². The molecule has 3 nitrogen and oxygen atoms in total. The lowest BCUT2D eigenvalue weighted by molar-refractivity contribution is -0.132. The Bertz CT molecular complexity index is 181.